The second-order valence-electron chi connectivity index (χ2n) is 8.78. The van der Waals surface area contributed by atoms with E-state index >= 15 is 0 Å². The van der Waals surface area contributed by atoms with Crippen LogP contribution in [-0.2, 0) is 11.3 Å². The lowest BCUT2D eigenvalue weighted by atomic mass is 9.98. The van der Waals surface area contributed by atoms with Gasteiger partial charge in [-0.3, -0.25) is 4.90 Å². The topological polar surface area (TPSA) is 27.7 Å². The number of para-hydroxylation sites is 1. The Balaban J connectivity index is 1.73. The van der Waals surface area contributed by atoms with Crippen LogP contribution in [0.3, 0.4) is 0 Å². The Labute approximate surface area is 193 Å². The van der Waals surface area contributed by atoms with Gasteiger partial charge in [-0.2, -0.15) is 0 Å². The summed E-state index contributed by atoms with van der Waals surface area (Å²) in [6, 6.07) is 15.1. The zero-order chi connectivity index (χ0) is 22.2. The summed E-state index contributed by atoms with van der Waals surface area (Å²) in [5, 5.41) is 4.42. The summed E-state index contributed by atoms with van der Waals surface area (Å²) < 4.78 is 5.48. The molecular formula is C26H37N3OS. The van der Waals surface area contributed by atoms with E-state index in [1.807, 2.05) is 0 Å². The zero-order valence-electron chi connectivity index (χ0n) is 19.5. The third-order valence-corrected chi connectivity index (χ3v) is 6.43. The average molecular weight is 440 g/mol. The molecule has 1 N–H and O–H groups in total. The van der Waals surface area contributed by atoms with Gasteiger partial charge < -0.3 is 15.0 Å². The number of anilines is 1. The summed E-state index contributed by atoms with van der Waals surface area (Å²) in [5.41, 5.74) is 6.34. The molecule has 0 amide bonds. The van der Waals surface area contributed by atoms with E-state index in [2.05, 4.69) is 85.3 Å². The Hall–Kier alpha value is -1.95. The maximum atomic E-state index is 5.96. The summed E-state index contributed by atoms with van der Waals surface area (Å²) >= 11 is 5.96. The summed E-state index contributed by atoms with van der Waals surface area (Å²) in [6.07, 6.45) is 1.08. The largest absolute Gasteiger partial charge is 0.379 e. The number of nitrogens with zero attached hydrogens (tertiary/aromatic N) is 2. The predicted molar refractivity (Wildman–Crippen MR) is 135 cm³/mol. The zero-order valence-corrected chi connectivity index (χ0v) is 20.3. The first kappa shape index (κ1) is 23.7. The van der Waals surface area contributed by atoms with Crippen LogP contribution < -0.4 is 5.32 Å². The maximum absolute atomic E-state index is 5.96. The number of benzene rings is 2. The molecule has 0 atom stereocenters. The first-order valence-corrected chi connectivity index (χ1v) is 11.9. The highest BCUT2D eigenvalue weighted by molar-refractivity contribution is 7.80. The van der Waals surface area contributed by atoms with Crippen LogP contribution in [0.1, 0.15) is 48.4 Å². The molecule has 0 aromatic heterocycles. The van der Waals surface area contributed by atoms with Gasteiger partial charge in [-0.15, -0.1) is 0 Å². The standard InChI is InChI=1S/C26H37N3OS/c1-20(2)24-12-7-10-22(4)25(24)27-26(31)29(19-23-11-6-5-9-21(23)3)14-8-13-28-15-17-30-18-16-28/h5-7,9-12,20H,8,13-19H2,1-4H3,(H,27,31). The van der Waals surface area contributed by atoms with E-state index in [9.17, 15) is 0 Å². The van der Waals surface area contributed by atoms with E-state index in [4.69, 9.17) is 17.0 Å². The Morgan fingerprint density at radius 3 is 2.48 bits per heavy atom. The van der Waals surface area contributed by atoms with Gasteiger partial charge in [0.1, 0.15) is 0 Å². The molecule has 5 heteroatoms. The number of thiocarbonyl (C=S) groups is 1. The Morgan fingerprint density at radius 1 is 1.06 bits per heavy atom. The van der Waals surface area contributed by atoms with E-state index in [-0.39, 0.29) is 0 Å². The predicted octanol–water partition coefficient (Wildman–Crippen LogP) is 5.35. The van der Waals surface area contributed by atoms with E-state index in [0.717, 1.165) is 63.2 Å². The Morgan fingerprint density at radius 2 is 1.77 bits per heavy atom. The highest BCUT2D eigenvalue weighted by Gasteiger charge is 2.17. The maximum Gasteiger partial charge on any atom is 0.173 e. The smallest absolute Gasteiger partial charge is 0.173 e. The molecule has 3 rings (SSSR count). The number of ether oxygens (including phenoxy) is 1. The molecule has 4 nitrogen and oxygen atoms in total. The van der Waals surface area contributed by atoms with Gasteiger partial charge in [0.15, 0.2) is 5.11 Å². The van der Waals surface area contributed by atoms with Crippen LogP contribution in [0.25, 0.3) is 0 Å². The molecule has 1 aliphatic heterocycles. The molecule has 1 fully saturated rings. The van der Waals surface area contributed by atoms with Gasteiger partial charge in [-0.05, 0) is 60.7 Å². The quantitative estimate of drug-likeness (QED) is 0.560. The molecule has 0 spiro atoms. The number of nitrogens with one attached hydrogen (secondary N) is 1. The minimum absolute atomic E-state index is 0.441. The van der Waals surface area contributed by atoms with Crippen molar-refractivity contribution in [3.63, 3.8) is 0 Å². The molecular weight excluding hydrogens is 402 g/mol. The fourth-order valence-electron chi connectivity index (χ4n) is 4.08. The van der Waals surface area contributed by atoms with Gasteiger partial charge in [-0.25, -0.2) is 0 Å². The second kappa shape index (κ2) is 11.6. The fraction of sp³-hybridized carbons (Fsp3) is 0.500. The average Bonchev–Trinajstić information content (AvgIpc) is 2.76. The van der Waals surface area contributed by atoms with Crippen LogP contribution in [0, 0.1) is 13.8 Å². The molecule has 1 aliphatic rings. The van der Waals surface area contributed by atoms with Crippen LogP contribution >= 0.6 is 12.2 Å². The third kappa shape index (κ3) is 6.76. The van der Waals surface area contributed by atoms with Crippen molar-refractivity contribution < 1.29 is 4.74 Å². The van der Waals surface area contributed by atoms with Crippen LogP contribution in [0.15, 0.2) is 42.5 Å². The lowest BCUT2D eigenvalue weighted by Gasteiger charge is -2.30. The van der Waals surface area contributed by atoms with Gasteiger partial charge >= 0.3 is 0 Å². The van der Waals surface area contributed by atoms with Gasteiger partial charge in [-0.1, -0.05) is 56.3 Å². The Bertz CT molecular complexity index is 861. The molecule has 1 heterocycles. The molecule has 0 radical (unpaired) electrons. The third-order valence-electron chi connectivity index (χ3n) is 6.07. The number of aryl methyl sites for hydroxylation is 2. The van der Waals surface area contributed by atoms with Gasteiger partial charge in [0, 0.05) is 38.4 Å². The first-order valence-electron chi connectivity index (χ1n) is 11.5. The summed E-state index contributed by atoms with van der Waals surface area (Å²) in [7, 11) is 0. The van der Waals surface area contributed by atoms with Gasteiger partial charge in [0.05, 0.1) is 13.2 Å². The molecule has 0 aliphatic carbocycles. The summed E-state index contributed by atoms with van der Waals surface area (Å²) in [6.45, 7) is 15.4. The van der Waals surface area contributed by atoms with Crippen molar-refractivity contribution in [1.82, 2.24) is 9.80 Å². The molecule has 0 bridgehead atoms. The highest BCUT2D eigenvalue weighted by atomic mass is 32.1. The van der Waals surface area contributed by atoms with Crippen LogP contribution in [-0.4, -0.2) is 54.3 Å². The SMILES string of the molecule is Cc1ccccc1CN(CCCN1CCOCC1)C(=S)Nc1c(C)cccc1C(C)C. The minimum atomic E-state index is 0.441. The molecule has 2 aromatic rings. The lowest BCUT2D eigenvalue weighted by molar-refractivity contribution is 0.0368. The van der Waals surface area contributed by atoms with Crippen molar-refractivity contribution in [3.8, 4) is 0 Å². The number of morpholine rings is 1. The van der Waals surface area contributed by atoms with Crippen molar-refractivity contribution in [3.05, 3.63) is 64.7 Å². The molecule has 1 saturated heterocycles. The number of hydrogen-bond acceptors (Lipinski definition) is 3. The van der Waals surface area contributed by atoms with E-state index < -0.39 is 0 Å². The molecule has 0 unspecified atom stereocenters. The van der Waals surface area contributed by atoms with Crippen molar-refractivity contribution in [2.75, 3.05) is 44.7 Å². The van der Waals surface area contributed by atoms with Gasteiger partial charge in [0.25, 0.3) is 0 Å². The monoisotopic (exact) mass is 439 g/mol. The normalized spacial score (nSPS) is 14.6. The van der Waals surface area contributed by atoms with E-state index in [1.54, 1.807) is 0 Å². The Kier molecular flexibility index (Phi) is 8.88. The minimum Gasteiger partial charge on any atom is -0.379 e. The highest BCUT2D eigenvalue weighted by Crippen LogP contribution is 2.28. The van der Waals surface area contributed by atoms with Crippen LogP contribution in [0.4, 0.5) is 5.69 Å². The molecule has 2 aromatic carbocycles. The van der Waals surface area contributed by atoms with Crippen molar-refractivity contribution >= 4 is 23.0 Å². The summed E-state index contributed by atoms with van der Waals surface area (Å²) in [4.78, 5) is 4.82. The molecule has 31 heavy (non-hydrogen) atoms. The fourth-order valence-corrected chi connectivity index (χ4v) is 4.34. The molecule has 0 saturated carbocycles. The van der Waals surface area contributed by atoms with Crippen LogP contribution in [0.5, 0.6) is 0 Å². The second-order valence-corrected chi connectivity index (χ2v) is 9.17. The van der Waals surface area contributed by atoms with Crippen molar-refractivity contribution in [1.29, 1.82) is 0 Å². The van der Waals surface area contributed by atoms with E-state index in [0.29, 0.717) is 5.92 Å². The van der Waals surface area contributed by atoms with Gasteiger partial charge in [0.2, 0.25) is 0 Å². The lowest BCUT2D eigenvalue weighted by Crippen LogP contribution is -2.40. The number of rotatable bonds is 8. The van der Waals surface area contributed by atoms with Crippen LogP contribution in [0.2, 0.25) is 0 Å². The van der Waals surface area contributed by atoms with Crippen molar-refractivity contribution in [2.45, 2.75) is 46.6 Å². The molecule has 168 valence electrons. The first-order chi connectivity index (χ1) is 15.0. The summed E-state index contributed by atoms with van der Waals surface area (Å²) in [5.74, 6) is 0.441. The van der Waals surface area contributed by atoms with Crippen molar-refractivity contribution in [2.24, 2.45) is 0 Å². The number of hydrogen-bond donors (Lipinski definition) is 1. The van der Waals surface area contributed by atoms with E-state index in [1.165, 1.54) is 22.3 Å².